The summed E-state index contributed by atoms with van der Waals surface area (Å²) in [4.78, 5) is 26.9. The largest absolute Gasteiger partial charge is 0.367 e. The molecule has 8 nitrogen and oxygen atoms in total. The number of anilines is 1. The average Bonchev–Trinajstić information content (AvgIpc) is 3.30. The van der Waals surface area contributed by atoms with Crippen LogP contribution in [0.2, 0.25) is 0 Å². The van der Waals surface area contributed by atoms with Gasteiger partial charge in [0, 0.05) is 32.1 Å². The first-order valence-corrected chi connectivity index (χ1v) is 13.6. The molecule has 0 unspecified atom stereocenters. The highest BCUT2D eigenvalue weighted by Gasteiger charge is 2.27. The molecule has 0 bridgehead atoms. The van der Waals surface area contributed by atoms with Crippen molar-refractivity contribution in [3.05, 3.63) is 77.5 Å². The van der Waals surface area contributed by atoms with Gasteiger partial charge in [0.05, 0.1) is 23.4 Å². The van der Waals surface area contributed by atoms with Gasteiger partial charge < -0.3 is 14.5 Å². The lowest BCUT2D eigenvalue weighted by Gasteiger charge is -2.36. The fourth-order valence-electron chi connectivity index (χ4n) is 5.04. The molecule has 2 aromatic heterocycles. The van der Waals surface area contributed by atoms with Crippen LogP contribution < -0.4 is 4.90 Å². The molecule has 39 heavy (non-hydrogen) atoms. The average molecular weight is 531 g/mol. The van der Waals surface area contributed by atoms with Crippen LogP contribution in [-0.2, 0) is 16.1 Å². The minimum absolute atomic E-state index is 0.00372. The molecule has 3 heterocycles. The summed E-state index contributed by atoms with van der Waals surface area (Å²) in [5.41, 5.74) is 3.33. The molecule has 1 aliphatic rings. The van der Waals surface area contributed by atoms with E-state index in [0.717, 1.165) is 52.5 Å². The molecular formula is C30H35FN6O2. The van der Waals surface area contributed by atoms with Gasteiger partial charge in [-0.25, -0.2) is 19.0 Å². The van der Waals surface area contributed by atoms with Crippen LogP contribution in [0, 0.1) is 12.7 Å². The van der Waals surface area contributed by atoms with Crippen LogP contribution in [-0.4, -0.2) is 63.3 Å². The highest BCUT2D eigenvalue weighted by Crippen LogP contribution is 2.32. The van der Waals surface area contributed by atoms with Crippen molar-refractivity contribution in [3.8, 4) is 5.69 Å². The van der Waals surface area contributed by atoms with E-state index in [1.165, 1.54) is 12.1 Å². The number of amides is 1. The normalized spacial score (nSPS) is 14.7. The standard InChI is InChI=1S/C30H35FN6O2/c1-4-8-21(2)28-32-29(27-22(3)34-37(30(27)33-28)25-13-11-24(31)12-14-25)36-17-15-35(16-18-36)26(38)20-39-19-23-9-6-5-7-10-23/h5-7,9-14,21H,4,8,15-20H2,1-3H3/t21-/m1/s1. The Morgan fingerprint density at radius 2 is 1.74 bits per heavy atom. The Kier molecular flexibility index (Phi) is 8.16. The number of aromatic nitrogens is 4. The maximum absolute atomic E-state index is 13.6. The summed E-state index contributed by atoms with van der Waals surface area (Å²) >= 11 is 0. The quantitative estimate of drug-likeness (QED) is 0.302. The lowest BCUT2D eigenvalue weighted by atomic mass is 10.1. The van der Waals surface area contributed by atoms with Gasteiger partial charge in [-0.2, -0.15) is 5.10 Å². The van der Waals surface area contributed by atoms with Crippen molar-refractivity contribution in [2.24, 2.45) is 0 Å². The van der Waals surface area contributed by atoms with Gasteiger partial charge in [0.25, 0.3) is 0 Å². The maximum atomic E-state index is 13.6. The Balaban J connectivity index is 1.36. The monoisotopic (exact) mass is 530 g/mol. The van der Waals surface area contributed by atoms with Crippen LogP contribution in [0.3, 0.4) is 0 Å². The number of piperazine rings is 1. The molecule has 0 aliphatic carbocycles. The molecule has 0 radical (unpaired) electrons. The van der Waals surface area contributed by atoms with Crippen molar-refractivity contribution in [2.75, 3.05) is 37.7 Å². The molecule has 0 N–H and O–H groups in total. The molecule has 1 fully saturated rings. The van der Waals surface area contributed by atoms with E-state index in [0.29, 0.717) is 32.8 Å². The van der Waals surface area contributed by atoms with Crippen molar-refractivity contribution < 1.29 is 13.9 Å². The van der Waals surface area contributed by atoms with Crippen molar-refractivity contribution in [2.45, 2.75) is 46.1 Å². The second-order valence-corrected chi connectivity index (χ2v) is 10.1. The molecule has 5 rings (SSSR count). The van der Waals surface area contributed by atoms with E-state index in [-0.39, 0.29) is 24.2 Å². The number of halogens is 1. The van der Waals surface area contributed by atoms with Crippen molar-refractivity contribution in [1.29, 1.82) is 0 Å². The van der Waals surface area contributed by atoms with Gasteiger partial charge in [0.1, 0.15) is 24.1 Å². The van der Waals surface area contributed by atoms with Crippen molar-refractivity contribution >= 4 is 22.8 Å². The van der Waals surface area contributed by atoms with Crippen LogP contribution in [0.4, 0.5) is 10.2 Å². The van der Waals surface area contributed by atoms with E-state index < -0.39 is 0 Å². The second-order valence-electron chi connectivity index (χ2n) is 10.1. The summed E-state index contributed by atoms with van der Waals surface area (Å²) in [6, 6.07) is 16.1. The maximum Gasteiger partial charge on any atom is 0.248 e. The van der Waals surface area contributed by atoms with E-state index in [9.17, 15) is 9.18 Å². The van der Waals surface area contributed by atoms with Gasteiger partial charge in [0.2, 0.25) is 5.91 Å². The third-order valence-electron chi connectivity index (χ3n) is 7.20. The predicted molar refractivity (Wildman–Crippen MR) is 150 cm³/mol. The van der Waals surface area contributed by atoms with Gasteiger partial charge in [-0.15, -0.1) is 0 Å². The van der Waals surface area contributed by atoms with E-state index >= 15 is 0 Å². The number of ether oxygens (including phenoxy) is 1. The molecule has 0 saturated carbocycles. The predicted octanol–water partition coefficient (Wildman–Crippen LogP) is 5.03. The first-order chi connectivity index (χ1) is 18.9. The highest BCUT2D eigenvalue weighted by atomic mass is 19.1. The van der Waals surface area contributed by atoms with Crippen LogP contribution in [0.25, 0.3) is 16.7 Å². The number of hydrogen-bond acceptors (Lipinski definition) is 6. The summed E-state index contributed by atoms with van der Waals surface area (Å²) in [5.74, 6) is 1.50. The smallest absolute Gasteiger partial charge is 0.248 e. The summed E-state index contributed by atoms with van der Waals surface area (Å²) in [6.07, 6.45) is 2.00. The fraction of sp³-hybridized carbons (Fsp3) is 0.400. The summed E-state index contributed by atoms with van der Waals surface area (Å²) in [6.45, 7) is 9.21. The first-order valence-electron chi connectivity index (χ1n) is 13.6. The lowest BCUT2D eigenvalue weighted by Crippen LogP contribution is -2.50. The summed E-state index contributed by atoms with van der Waals surface area (Å²) in [7, 11) is 0. The zero-order valence-electron chi connectivity index (χ0n) is 22.8. The van der Waals surface area contributed by atoms with Crippen molar-refractivity contribution in [1.82, 2.24) is 24.6 Å². The topological polar surface area (TPSA) is 76.4 Å². The number of benzene rings is 2. The molecule has 2 aromatic carbocycles. The third kappa shape index (κ3) is 5.93. The number of hydrogen-bond donors (Lipinski definition) is 0. The molecular weight excluding hydrogens is 495 g/mol. The van der Waals surface area contributed by atoms with E-state index in [1.807, 2.05) is 42.2 Å². The molecule has 204 valence electrons. The first kappa shape index (κ1) is 26.7. The Labute approximate surface area is 228 Å². The molecule has 1 amide bonds. The minimum Gasteiger partial charge on any atom is -0.367 e. The highest BCUT2D eigenvalue weighted by molar-refractivity contribution is 5.91. The Bertz CT molecular complexity index is 1420. The van der Waals surface area contributed by atoms with Gasteiger partial charge >= 0.3 is 0 Å². The zero-order chi connectivity index (χ0) is 27.4. The number of aryl methyl sites for hydroxylation is 1. The van der Waals surface area contributed by atoms with Crippen LogP contribution >= 0.6 is 0 Å². The number of carbonyl (C=O) groups excluding carboxylic acids is 1. The van der Waals surface area contributed by atoms with Crippen LogP contribution in [0.5, 0.6) is 0 Å². The van der Waals surface area contributed by atoms with Gasteiger partial charge in [0.15, 0.2) is 5.65 Å². The van der Waals surface area contributed by atoms with Crippen LogP contribution in [0.15, 0.2) is 54.6 Å². The van der Waals surface area contributed by atoms with Gasteiger partial charge in [-0.1, -0.05) is 50.6 Å². The lowest BCUT2D eigenvalue weighted by molar-refractivity contribution is -0.136. The zero-order valence-corrected chi connectivity index (χ0v) is 22.8. The Morgan fingerprint density at radius 1 is 1.03 bits per heavy atom. The number of fused-ring (bicyclic) bond motifs is 1. The Hall–Kier alpha value is -3.85. The molecule has 4 aromatic rings. The van der Waals surface area contributed by atoms with Crippen molar-refractivity contribution in [3.63, 3.8) is 0 Å². The van der Waals surface area contributed by atoms with Crippen LogP contribution in [0.1, 0.15) is 49.7 Å². The van der Waals surface area contributed by atoms with E-state index in [4.69, 9.17) is 19.8 Å². The molecule has 0 spiro atoms. The van der Waals surface area contributed by atoms with Gasteiger partial charge in [-0.05, 0) is 43.2 Å². The van der Waals surface area contributed by atoms with E-state index in [2.05, 4.69) is 18.7 Å². The molecule has 1 aliphatic heterocycles. The second kappa shape index (κ2) is 11.9. The molecule has 1 atom stereocenters. The molecule has 1 saturated heterocycles. The number of rotatable bonds is 9. The van der Waals surface area contributed by atoms with Gasteiger partial charge in [-0.3, -0.25) is 4.79 Å². The number of nitrogens with zero attached hydrogens (tertiary/aromatic N) is 6. The molecule has 9 heteroatoms. The summed E-state index contributed by atoms with van der Waals surface area (Å²) in [5, 5.41) is 5.66. The summed E-state index contributed by atoms with van der Waals surface area (Å²) < 4.78 is 21.1. The van der Waals surface area contributed by atoms with E-state index in [1.54, 1.807) is 16.8 Å². The number of carbonyl (C=O) groups is 1. The third-order valence-corrected chi connectivity index (χ3v) is 7.20. The fourth-order valence-corrected chi connectivity index (χ4v) is 5.04. The minimum atomic E-state index is -0.294. The SMILES string of the molecule is CCC[C@@H](C)c1nc(N2CCN(C(=O)COCc3ccccc3)CC2)c2c(C)nn(-c3ccc(F)cc3)c2n1. The Morgan fingerprint density at radius 3 is 2.44 bits per heavy atom.